The molecule has 1 aromatic carbocycles. The molecule has 5 rings (SSSR count). The minimum Gasteiger partial charge on any atom is -0.340 e. The van der Waals surface area contributed by atoms with Gasteiger partial charge in [0.25, 0.3) is 0 Å². The number of carbonyl (C=O) groups is 2. The van der Waals surface area contributed by atoms with Crippen LogP contribution < -0.4 is 4.72 Å². The summed E-state index contributed by atoms with van der Waals surface area (Å²) < 4.78 is 28.6. The number of urea groups is 1. The van der Waals surface area contributed by atoms with Crippen molar-refractivity contribution in [3.8, 4) is 0 Å². The number of para-hydroxylation sites is 2. The molecule has 2 aliphatic carbocycles. The van der Waals surface area contributed by atoms with Crippen molar-refractivity contribution in [2.24, 2.45) is 5.92 Å². The van der Waals surface area contributed by atoms with Gasteiger partial charge in [0.1, 0.15) is 5.82 Å². The minimum atomic E-state index is -3.52. The van der Waals surface area contributed by atoms with Crippen LogP contribution in [0.25, 0.3) is 11.0 Å². The van der Waals surface area contributed by atoms with E-state index < -0.39 is 21.2 Å². The summed E-state index contributed by atoms with van der Waals surface area (Å²) >= 11 is 0. The molecule has 31 heavy (non-hydrogen) atoms. The number of benzene rings is 1. The Morgan fingerprint density at radius 1 is 1.23 bits per heavy atom. The van der Waals surface area contributed by atoms with E-state index in [0.717, 1.165) is 23.9 Å². The second kappa shape index (κ2) is 7.03. The molecule has 1 saturated heterocycles. The van der Waals surface area contributed by atoms with Crippen LogP contribution in [0.15, 0.2) is 24.3 Å². The van der Waals surface area contributed by atoms with Crippen molar-refractivity contribution in [3.63, 3.8) is 0 Å². The smallest absolute Gasteiger partial charge is 0.327 e. The third-order valence-electron chi connectivity index (χ3n) is 6.95. The van der Waals surface area contributed by atoms with E-state index in [1.54, 1.807) is 11.9 Å². The molecule has 2 N–H and O–H groups in total. The van der Waals surface area contributed by atoms with E-state index in [0.29, 0.717) is 18.7 Å². The second-order valence-corrected chi connectivity index (χ2v) is 11.3. The Labute approximate surface area is 181 Å². The molecule has 2 saturated carbocycles. The van der Waals surface area contributed by atoms with Gasteiger partial charge < -0.3 is 9.88 Å². The fraction of sp³-hybridized carbons (Fsp3) is 0.571. The Kier molecular flexibility index (Phi) is 4.63. The average molecular weight is 446 g/mol. The SMILES string of the molecule is CN1C(=O)N(Cc2nc3ccccc3[nH]2)C(=O)C2CC(S(=O)(=O)NC3(C)CC3)CCC21. The lowest BCUT2D eigenvalue weighted by molar-refractivity contribution is -0.140. The first-order valence-electron chi connectivity index (χ1n) is 10.7. The van der Waals surface area contributed by atoms with Crippen LogP contribution in [0.2, 0.25) is 0 Å². The molecule has 0 radical (unpaired) electrons. The quantitative estimate of drug-likeness (QED) is 0.730. The van der Waals surface area contributed by atoms with Gasteiger partial charge in [-0.1, -0.05) is 12.1 Å². The number of imide groups is 1. The van der Waals surface area contributed by atoms with Crippen LogP contribution in [0.5, 0.6) is 0 Å². The number of amides is 3. The van der Waals surface area contributed by atoms with Crippen LogP contribution in [0, 0.1) is 5.92 Å². The van der Waals surface area contributed by atoms with E-state index in [2.05, 4.69) is 14.7 Å². The molecule has 3 fully saturated rings. The van der Waals surface area contributed by atoms with Crippen LogP contribution in [-0.2, 0) is 21.4 Å². The predicted octanol–water partition coefficient (Wildman–Crippen LogP) is 1.97. The van der Waals surface area contributed by atoms with Crippen LogP contribution in [-0.4, -0.2) is 64.0 Å². The number of hydrogen-bond donors (Lipinski definition) is 2. The fourth-order valence-electron chi connectivity index (χ4n) is 4.85. The number of nitrogens with zero attached hydrogens (tertiary/aromatic N) is 3. The van der Waals surface area contributed by atoms with Crippen molar-refractivity contribution in [3.05, 3.63) is 30.1 Å². The molecule has 0 bridgehead atoms. The minimum absolute atomic E-state index is 0.0354. The summed E-state index contributed by atoms with van der Waals surface area (Å²) in [7, 11) is -1.83. The summed E-state index contributed by atoms with van der Waals surface area (Å²) in [4.78, 5) is 36.7. The highest BCUT2D eigenvalue weighted by Gasteiger charge is 2.51. The summed E-state index contributed by atoms with van der Waals surface area (Å²) in [6.45, 7) is 1.94. The van der Waals surface area contributed by atoms with Crippen LogP contribution in [0.1, 0.15) is 44.9 Å². The van der Waals surface area contributed by atoms with E-state index >= 15 is 0 Å². The summed E-state index contributed by atoms with van der Waals surface area (Å²) in [6.07, 6.45) is 2.85. The number of sulfonamides is 1. The third kappa shape index (κ3) is 3.61. The molecule has 166 valence electrons. The van der Waals surface area contributed by atoms with Crippen molar-refractivity contribution in [2.45, 2.75) is 62.4 Å². The van der Waals surface area contributed by atoms with Gasteiger partial charge in [0.15, 0.2) is 0 Å². The summed E-state index contributed by atoms with van der Waals surface area (Å²) in [5, 5.41) is -0.621. The van der Waals surface area contributed by atoms with Crippen molar-refractivity contribution in [2.75, 3.05) is 7.05 Å². The first kappa shape index (κ1) is 20.4. The van der Waals surface area contributed by atoms with E-state index in [4.69, 9.17) is 0 Å². The van der Waals surface area contributed by atoms with Gasteiger partial charge in [0.2, 0.25) is 15.9 Å². The number of imidazole rings is 1. The van der Waals surface area contributed by atoms with Gasteiger partial charge in [-0.2, -0.15) is 0 Å². The van der Waals surface area contributed by atoms with E-state index in [1.165, 1.54) is 4.90 Å². The van der Waals surface area contributed by atoms with Crippen molar-refractivity contribution >= 4 is 33.0 Å². The average Bonchev–Trinajstić information content (AvgIpc) is 3.30. The monoisotopic (exact) mass is 445 g/mol. The predicted molar refractivity (Wildman–Crippen MR) is 114 cm³/mol. The maximum Gasteiger partial charge on any atom is 0.327 e. The fourth-order valence-corrected chi connectivity index (χ4v) is 6.81. The lowest BCUT2D eigenvalue weighted by atomic mass is 9.81. The van der Waals surface area contributed by atoms with E-state index in [-0.39, 0.29) is 36.5 Å². The molecule has 2 aromatic rings. The van der Waals surface area contributed by atoms with Crippen LogP contribution >= 0.6 is 0 Å². The zero-order chi connectivity index (χ0) is 22.0. The molecule has 0 spiro atoms. The first-order chi connectivity index (χ1) is 14.7. The Hall–Kier alpha value is -2.46. The third-order valence-corrected chi connectivity index (χ3v) is 9.04. The zero-order valence-electron chi connectivity index (χ0n) is 17.7. The highest BCUT2D eigenvalue weighted by molar-refractivity contribution is 7.90. The largest absolute Gasteiger partial charge is 0.340 e. The Bertz CT molecular complexity index is 1120. The number of carbonyl (C=O) groups excluding carboxylic acids is 2. The topological polar surface area (TPSA) is 115 Å². The van der Waals surface area contributed by atoms with Gasteiger partial charge >= 0.3 is 6.03 Å². The zero-order valence-corrected chi connectivity index (χ0v) is 18.5. The van der Waals surface area contributed by atoms with Gasteiger partial charge in [-0.3, -0.25) is 9.69 Å². The molecule has 3 aliphatic rings. The molecular formula is C21H27N5O4S. The highest BCUT2D eigenvalue weighted by Crippen LogP contribution is 2.40. The maximum absolute atomic E-state index is 13.3. The Morgan fingerprint density at radius 3 is 2.68 bits per heavy atom. The van der Waals surface area contributed by atoms with Gasteiger partial charge in [-0.05, 0) is 51.2 Å². The number of H-pyrrole nitrogens is 1. The second-order valence-electron chi connectivity index (χ2n) is 9.34. The Morgan fingerprint density at radius 2 is 1.97 bits per heavy atom. The van der Waals surface area contributed by atoms with Crippen molar-refractivity contribution in [1.29, 1.82) is 0 Å². The number of nitrogens with one attached hydrogen (secondary N) is 2. The van der Waals surface area contributed by atoms with E-state index in [1.807, 2.05) is 31.2 Å². The number of fused-ring (bicyclic) bond motifs is 2. The van der Waals surface area contributed by atoms with Crippen LogP contribution in [0.4, 0.5) is 4.79 Å². The summed E-state index contributed by atoms with van der Waals surface area (Å²) in [5.41, 5.74) is 1.26. The molecule has 3 atom stereocenters. The number of aromatic amines is 1. The van der Waals surface area contributed by atoms with Gasteiger partial charge in [-0.15, -0.1) is 0 Å². The van der Waals surface area contributed by atoms with E-state index in [9.17, 15) is 18.0 Å². The number of aromatic nitrogens is 2. The molecule has 10 heteroatoms. The van der Waals surface area contributed by atoms with Gasteiger partial charge in [0, 0.05) is 18.6 Å². The lowest BCUT2D eigenvalue weighted by Crippen LogP contribution is -2.62. The molecular weight excluding hydrogens is 418 g/mol. The highest BCUT2D eigenvalue weighted by atomic mass is 32.2. The molecule has 3 amide bonds. The van der Waals surface area contributed by atoms with Crippen molar-refractivity contribution in [1.82, 2.24) is 24.5 Å². The number of hydrogen-bond acceptors (Lipinski definition) is 5. The Balaban J connectivity index is 1.37. The number of rotatable bonds is 5. The molecule has 3 unspecified atom stereocenters. The van der Waals surface area contributed by atoms with Gasteiger partial charge in [0.05, 0.1) is 28.7 Å². The molecule has 1 aromatic heterocycles. The molecule has 2 heterocycles. The summed E-state index contributed by atoms with van der Waals surface area (Å²) in [6, 6.07) is 6.88. The van der Waals surface area contributed by atoms with Crippen molar-refractivity contribution < 1.29 is 18.0 Å². The molecule has 9 nitrogen and oxygen atoms in total. The molecule has 1 aliphatic heterocycles. The first-order valence-corrected chi connectivity index (χ1v) is 12.3. The lowest BCUT2D eigenvalue weighted by Gasteiger charge is -2.46. The summed E-state index contributed by atoms with van der Waals surface area (Å²) in [5.74, 6) is -0.321. The van der Waals surface area contributed by atoms with Gasteiger partial charge in [-0.25, -0.2) is 22.9 Å². The normalized spacial score (nSPS) is 28.1. The van der Waals surface area contributed by atoms with Crippen LogP contribution in [0.3, 0.4) is 0 Å². The standard InChI is InChI=1S/C21H27N5O4S/c1-21(9-10-21)24-31(29,30)13-7-8-17-14(11-13)19(27)26(20(28)25(17)2)12-18-22-15-5-3-4-6-16(15)23-18/h3-6,13-14,17,24H,7-12H2,1-2H3,(H,22,23). The maximum atomic E-state index is 13.3.